The normalized spacial score (nSPS) is 17.8. The van der Waals surface area contributed by atoms with Crippen molar-refractivity contribution in [2.75, 3.05) is 26.2 Å². The summed E-state index contributed by atoms with van der Waals surface area (Å²) in [4.78, 5) is 21.1. The van der Waals surface area contributed by atoms with Gasteiger partial charge >= 0.3 is 0 Å². The van der Waals surface area contributed by atoms with E-state index in [1.807, 2.05) is 4.90 Å². The van der Waals surface area contributed by atoms with Crippen LogP contribution >= 0.6 is 11.3 Å². The Kier molecular flexibility index (Phi) is 4.94. The van der Waals surface area contributed by atoms with Crippen LogP contribution in [0.1, 0.15) is 45.3 Å². The maximum atomic E-state index is 12.2. The predicted octanol–water partition coefficient (Wildman–Crippen LogP) is 1.82. The molecule has 1 aliphatic heterocycles. The van der Waals surface area contributed by atoms with Crippen LogP contribution in [0.2, 0.25) is 0 Å². The van der Waals surface area contributed by atoms with Gasteiger partial charge in [-0.05, 0) is 13.8 Å². The molecule has 2 heterocycles. The summed E-state index contributed by atoms with van der Waals surface area (Å²) in [5.41, 5.74) is 6.36. The maximum Gasteiger partial charge on any atom is 0.242 e. The third-order valence-corrected chi connectivity index (χ3v) is 5.11. The molecule has 0 saturated carbocycles. The van der Waals surface area contributed by atoms with E-state index < -0.39 is 5.54 Å². The van der Waals surface area contributed by atoms with Gasteiger partial charge in [0.15, 0.2) is 0 Å². The first-order chi connectivity index (χ1) is 10.1. The Morgan fingerprint density at radius 1 is 1.23 bits per heavy atom. The number of aromatic nitrogens is 1. The SMILES string of the molecule is CC(C)(N)C(=O)N1CCN(Cc2csc(C(C)(C)C)n2)CC1. The lowest BCUT2D eigenvalue weighted by Gasteiger charge is -2.37. The summed E-state index contributed by atoms with van der Waals surface area (Å²) in [5.74, 6) is 0.0378. The fourth-order valence-corrected chi connectivity index (χ4v) is 3.37. The minimum absolute atomic E-state index is 0.0378. The van der Waals surface area contributed by atoms with Gasteiger partial charge in [0.05, 0.1) is 16.2 Å². The van der Waals surface area contributed by atoms with E-state index in [0.717, 1.165) is 38.4 Å². The zero-order valence-corrected chi connectivity index (χ0v) is 15.2. The minimum atomic E-state index is -0.779. The Morgan fingerprint density at radius 3 is 2.27 bits per heavy atom. The molecule has 1 aromatic heterocycles. The van der Waals surface area contributed by atoms with E-state index in [2.05, 4.69) is 31.1 Å². The lowest BCUT2D eigenvalue weighted by Crippen LogP contribution is -2.56. The van der Waals surface area contributed by atoms with Crippen LogP contribution in [0.3, 0.4) is 0 Å². The molecule has 0 aliphatic carbocycles. The smallest absolute Gasteiger partial charge is 0.242 e. The molecule has 1 aliphatic rings. The highest BCUT2D eigenvalue weighted by Gasteiger charge is 2.30. The molecule has 22 heavy (non-hydrogen) atoms. The van der Waals surface area contributed by atoms with E-state index >= 15 is 0 Å². The van der Waals surface area contributed by atoms with Crippen molar-refractivity contribution in [1.29, 1.82) is 0 Å². The summed E-state index contributed by atoms with van der Waals surface area (Å²) in [5, 5.41) is 3.34. The van der Waals surface area contributed by atoms with Crippen LogP contribution in [-0.2, 0) is 16.8 Å². The molecule has 1 fully saturated rings. The molecule has 0 unspecified atom stereocenters. The second-order valence-electron chi connectivity index (χ2n) is 7.68. The second-order valence-corrected chi connectivity index (χ2v) is 8.54. The van der Waals surface area contributed by atoms with Gasteiger partial charge in [-0.15, -0.1) is 11.3 Å². The largest absolute Gasteiger partial charge is 0.339 e. The first-order valence-corrected chi connectivity index (χ1v) is 8.71. The molecule has 0 aromatic carbocycles. The Bertz CT molecular complexity index is 519. The quantitative estimate of drug-likeness (QED) is 0.921. The number of nitrogens with zero attached hydrogens (tertiary/aromatic N) is 3. The molecular weight excluding hydrogens is 296 g/mol. The minimum Gasteiger partial charge on any atom is -0.339 e. The zero-order valence-electron chi connectivity index (χ0n) is 14.3. The highest BCUT2D eigenvalue weighted by atomic mass is 32.1. The number of hydrogen-bond acceptors (Lipinski definition) is 5. The number of thiazole rings is 1. The number of hydrogen-bond donors (Lipinski definition) is 1. The summed E-state index contributed by atoms with van der Waals surface area (Å²) >= 11 is 1.74. The molecule has 0 bridgehead atoms. The molecule has 0 atom stereocenters. The van der Waals surface area contributed by atoms with Crippen molar-refractivity contribution in [2.45, 2.75) is 52.1 Å². The Morgan fingerprint density at radius 2 is 1.82 bits per heavy atom. The number of amides is 1. The average Bonchev–Trinajstić information content (AvgIpc) is 2.86. The van der Waals surface area contributed by atoms with Crippen LogP contribution in [0.5, 0.6) is 0 Å². The van der Waals surface area contributed by atoms with E-state index in [9.17, 15) is 4.79 Å². The number of carbonyl (C=O) groups is 1. The van der Waals surface area contributed by atoms with Crippen molar-refractivity contribution in [1.82, 2.24) is 14.8 Å². The highest BCUT2D eigenvalue weighted by molar-refractivity contribution is 7.09. The van der Waals surface area contributed by atoms with E-state index in [4.69, 9.17) is 10.7 Å². The van der Waals surface area contributed by atoms with Gasteiger partial charge in [-0.25, -0.2) is 4.98 Å². The maximum absolute atomic E-state index is 12.2. The Labute approximate surface area is 137 Å². The molecule has 0 spiro atoms. The molecule has 1 aromatic rings. The summed E-state index contributed by atoms with van der Waals surface area (Å²) < 4.78 is 0. The van der Waals surface area contributed by atoms with E-state index in [1.54, 1.807) is 25.2 Å². The lowest BCUT2D eigenvalue weighted by atomic mass is 9.98. The van der Waals surface area contributed by atoms with Gasteiger partial charge in [-0.3, -0.25) is 9.69 Å². The van der Waals surface area contributed by atoms with Crippen LogP contribution in [0, 0.1) is 0 Å². The van der Waals surface area contributed by atoms with Crippen LogP contribution in [0.15, 0.2) is 5.38 Å². The predicted molar refractivity (Wildman–Crippen MR) is 90.9 cm³/mol. The Balaban J connectivity index is 1.88. The molecule has 6 heteroatoms. The van der Waals surface area contributed by atoms with Gasteiger partial charge in [-0.1, -0.05) is 20.8 Å². The molecule has 2 rings (SSSR count). The van der Waals surface area contributed by atoms with Gasteiger partial charge in [0.25, 0.3) is 0 Å². The average molecular weight is 324 g/mol. The molecule has 1 amide bonds. The van der Waals surface area contributed by atoms with E-state index in [-0.39, 0.29) is 11.3 Å². The first kappa shape index (κ1) is 17.4. The van der Waals surface area contributed by atoms with Crippen molar-refractivity contribution in [3.8, 4) is 0 Å². The van der Waals surface area contributed by atoms with Gasteiger partial charge in [0, 0.05) is 43.5 Å². The summed E-state index contributed by atoms with van der Waals surface area (Å²) in [7, 11) is 0. The summed E-state index contributed by atoms with van der Waals surface area (Å²) in [6, 6.07) is 0. The van der Waals surface area contributed by atoms with Crippen molar-refractivity contribution in [3.63, 3.8) is 0 Å². The third kappa shape index (κ3) is 4.27. The highest BCUT2D eigenvalue weighted by Crippen LogP contribution is 2.26. The Hall–Kier alpha value is -0.980. The van der Waals surface area contributed by atoms with Gasteiger partial charge in [0.1, 0.15) is 0 Å². The number of nitrogens with two attached hydrogens (primary N) is 1. The van der Waals surface area contributed by atoms with Crippen LogP contribution in [0.25, 0.3) is 0 Å². The summed E-state index contributed by atoms with van der Waals surface area (Å²) in [6.07, 6.45) is 0. The van der Waals surface area contributed by atoms with Crippen LogP contribution in [-0.4, -0.2) is 52.4 Å². The monoisotopic (exact) mass is 324 g/mol. The molecular formula is C16H28N4OS. The molecule has 5 nitrogen and oxygen atoms in total. The fraction of sp³-hybridized carbons (Fsp3) is 0.750. The summed E-state index contributed by atoms with van der Waals surface area (Å²) in [6.45, 7) is 14.2. The van der Waals surface area contributed by atoms with Crippen molar-refractivity contribution in [2.24, 2.45) is 5.73 Å². The zero-order chi connectivity index (χ0) is 16.5. The first-order valence-electron chi connectivity index (χ1n) is 7.83. The van der Waals surface area contributed by atoms with E-state index in [0.29, 0.717) is 0 Å². The van der Waals surface area contributed by atoms with Crippen molar-refractivity contribution < 1.29 is 4.79 Å². The second kappa shape index (κ2) is 6.26. The van der Waals surface area contributed by atoms with Gasteiger partial charge < -0.3 is 10.6 Å². The number of piperazine rings is 1. The fourth-order valence-electron chi connectivity index (χ4n) is 2.47. The molecule has 0 radical (unpaired) electrons. The standard InChI is InChI=1S/C16H28N4OS/c1-15(2,3)13-18-12(11-22-13)10-19-6-8-20(9-7-19)14(21)16(4,5)17/h11H,6-10,17H2,1-5H3. The van der Waals surface area contributed by atoms with Crippen LogP contribution in [0.4, 0.5) is 0 Å². The lowest BCUT2D eigenvalue weighted by molar-refractivity contribution is -0.137. The third-order valence-electron chi connectivity index (χ3n) is 3.79. The molecule has 2 N–H and O–H groups in total. The molecule has 1 saturated heterocycles. The van der Waals surface area contributed by atoms with Gasteiger partial charge in [0.2, 0.25) is 5.91 Å². The van der Waals surface area contributed by atoms with Gasteiger partial charge in [-0.2, -0.15) is 0 Å². The molecule has 124 valence electrons. The van der Waals surface area contributed by atoms with Crippen molar-refractivity contribution >= 4 is 17.2 Å². The number of rotatable bonds is 3. The van der Waals surface area contributed by atoms with Crippen LogP contribution < -0.4 is 5.73 Å². The van der Waals surface area contributed by atoms with E-state index in [1.165, 1.54) is 5.01 Å². The number of carbonyl (C=O) groups excluding carboxylic acids is 1. The topological polar surface area (TPSA) is 62.5 Å². The van der Waals surface area contributed by atoms with Crippen molar-refractivity contribution in [3.05, 3.63) is 16.1 Å².